The lowest BCUT2D eigenvalue weighted by Crippen LogP contribution is -2.51. The summed E-state index contributed by atoms with van der Waals surface area (Å²) < 4.78 is 0. The summed E-state index contributed by atoms with van der Waals surface area (Å²) in [7, 11) is 4.14. The summed E-state index contributed by atoms with van der Waals surface area (Å²) in [5.74, 6) is 9.88. The molecule has 3 heterocycles. The zero-order valence-corrected chi connectivity index (χ0v) is 36.2. The average molecular weight is 813 g/mol. The number of imide groups is 1. The first-order valence-corrected chi connectivity index (χ1v) is 23.0. The second-order valence-corrected chi connectivity index (χ2v) is 19.6. The van der Waals surface area contributed by atoms with Gasteiger partial charge < -0.3 is 14.9 Å². The number of hydrogen-bond acceptors (Lipinski definition) is 9. The Morgan fingerprint density at radius 3 is 2.22 bits per heavy atom. The maximum Gasteiger partial charge on any atom is 0.233 e. The summed E-state index contributed by atoms with van der Waals surface area (Å²) in [5.41, 5.74) is 5.71. The minimum absolute atomic E-state index is 0.0273. The lowest BCUT2D eigenvalue weighted by atomic mass is 9.51. The number of aromatic nitrogens is 2. The van der Waals surface area contributed by atoms with E-state index in [0.29, 0.717) is 36.6 Å². The van der Waals surface area contributed by atoms with E-state index in [9.17, 15) is 19.5 Å². The molecule has 0 unspecified atom stereocenters. The van der Waals surface area contributed by atoms with E-state index < -0.39 is 5.60 Å². The minimum Gasteiger partial charge on any atom is -0.378 e. The summed E-state index contributed by atoms with van der Waals surface area (Å²) in [6.45, 7) is 9.69. The first-order chi connectivity index (χ1) is 29.0. The summed E-state index contributed by atoms with van der Waals surface area (Å²) in [4.78, 5) is 54.7. The van der Waals surface area contributed by atoms with Crippen molar-refractivity contribution >= 4 is 29.2 Å². The average Bonchev–Trinajstić information content (AvgIpc) is 4.01. The quantitative estimate of drug-likeness (QED) is 0.175. The molecule has 10 nitrogen and oxygen atoms in total. The van der Waals surface area contributed by atoms with Crippen molar-refractivity contribution in [1.29, 1.82) is 0 Å². The Morgan fingerprint density at radius 2 is 1.55 bits per heavy atom. The highest BCUT2D eigenvalue weighted by molar-refractivity contribution is 6.06. The van der Waals surface area contributed by atoms with Gasteiger partial charge in [-0.3, -0.25) is 24.2 Å². The SMILES string of the molecule is CC#C[C@]1(O)CC[C@H]2[C@@H]3CCC4=CC(=O)CCC4=C3[C@@H](c3ccc(N(C)C)cc3)C[C@@]21C.O=C1[C@@H]2[C@H]3CC[C@H](C3)[C@@H]2C(=O)N1CCCCN1CCN(c2ncccn2)CC1. The first-order valence-electron chi connectivity index (χ1n) is 23.0. The number of likely N-dealkylation sites (tertiary alicyclic amines) is 1. The molecule has 0 spiro atoms. The number of aliphatic hydroxyl groups is 1. The molecular formula is C50H64N6O4. The van der Waals surface area contributed by atoms with Gasteiger partial charge in [0.15, 0.2) is 5.78 Å². The minimum atomic E-state index is -0.914. The van der Waals surface area contributed by atoms with Crippen LogP contribution in [0, 0.1) is 52.8 Å². The van der Waals surface area contributed by atoms with Crippen LogP contribution in [0.25, 0.3) is 0 Å². The molecule has 10 rings (SSSR count). The molecule has 6 fully saturated rings. The van der Waals surface area contributed by atoms with Crippen molar-refractivity contribution in [2.24, 2.45) is 40.9 Å². The topological polar surface area (TPSA) is 110 Å². The summed E-state index contributed by atoms with van der Waals surface area (Å²) in [6.07, 6.45) is 17.2. The Bertz CT molecular complexity index is 2070. The lowest BCUT2D eigenvalue weighted by Gasteiger charge is -2.53. The van der Waals surface area contributed by atoms with Crippen LogP contribution < -0.4 is 9.80 Å². The molecule has 6 aliphatic carbocycles. The Kier molecular flexibility index (Phi) is 11.3. The van der Waals surface area contributed by atoms with Crippen LogP contribution in [-0.2, 0) is 14.4 Å². The Hall–Kier alpha value is -4.33. The molecule has 9 atom stereocenters. The molecular weight excluding hydrogens is 749 g/mol. The van der Waals surface area contributed by atoms with Gasteiger partial charge in [0.2, 0.25) is 17.8 Å². The molecule has 1 N–H and O–H groups in total. The van der Waals surface area contributed by atoms with E-state index >= 15 is 0 Å². The number of benzene rings is 1. The van der Waals surface area contributed by atoms with Crippen molar-refractivity contribution in [1.82, 2.24) is 19.8 Å². The molecule has 4 saturated carbocycles. The van der Waals surface area contributed by atoms with Gasteiger partial charge in [-0.25, -0.2) is 9.97 Å². The largest absolute Gasteiger partial charge is 0.378 e. The van der Waals surface area contributed by atoms with Crippen molar-refractivity contribution in [2.45, 2.75) is 102 Å². The third-order valence-electron chi connectivity index (χ3n) is 16.4. The molecule has 2 amide bonds. The fraction of sp³-hybridized carbons (Fsp3) is 0.620. The van der Waals surface area contributed by atoms with Gasteiger partial charge in [-0.15, -0.1) is 5.92 Å². The zero-order chi connectivity index (χ0) is 41.8. The number of ketones is 1. The molecule has 1 aromatic carbocycles. The summed E-state index contributed by atoms with van der Waals surface area (Å²) >= 11 is 0. The third kappa shape index (κ3) is 7.21. The number of piperazine rings is 1. The van der Waals surface area contributed by atoms with Crippen molar-refractivity contribution in [3.63, 3.8) is 0 Å². The number of rotatable bonds is 8. The van der Waals surface area contributed by atoms with Crippen LogP contribution in [0.3, 0.4) is 0 Å². The van der Waals surface area contributed by atoms with Gasteiger partial charge in [0.05, 0.1) is 11.8 Å². The van der Waals surface area contributed by atoms with Crippen LogP contribution in [0.15, 0.2) is 65.5 Å². The van der Waals surface area contributed by atoms with E-state index in [4.69, 9.17) is 0 Å². The molecule has 1 aromatic heterocycles. The number of fused-ring (bicyclic) bond motifs is 9. The van der Waals surface area contributed by atoms with Gasteiger partial charge in [-0.2, -0.15) is 0 Å². The van der Waals surface area contributed by atoms with E-state index in [1.165, 1.54) is 22.4 Å². The van der Waals surface area contributed by atoms with E-state index in [0.717, 1.165) is 109 Å². The van der Waals surface area contributed by atoms with Crippen molar-refractivity contribution < 1.29 is 19.5 Å². The maximum absolute atomic E-state index is 12.7. The normalized spacial score (nSPS) is 34.2. The molecule has 2 bridgehead atoms. The number of allylic oxidation sites excluding steroid dienone is 4. The standard InChI is InChI=1S/C29H35NO2.C21H29N5O2/c1-5-15-29(32)16-14-26-24-12-8-20-17-22(31)11-13-23(20)27(24)25(18-28(26,29)2)19-6-9-21(10-7-19)30(3)4;27-19-17-15-4-5-16(14-15)18(17)20(28)26(19)9-2-1-8-24-10-12-25(13-11-24)21-22-6-3-7-23-21/h6-7,9-10,17,24-26,32H,8,11-14,16,18H2,1-4H3;3,6-7,15-18H,1-2,4-5,8-14H2/t24-,25+,26-,28-,29-;15-,16+,17+,18-/m0./s1. The predicted molar refractivity (Wildman–Crippen MR) is 234 cm³/mol. The summed E-state index contributed by atoms with van der Waals surface area (Å²) in [5, 5.41) is 11.7. The number of amides is 2. The van der Waals surface area contributed by atoms with Crippen LogP contribution in [0.4, 0.5) is 11.6 Å². The van der Waals surface area contributed by atoms with Crippen LogP contribution in [0.5, 0.6) is 0 Å². The van der Waals surface area contributed by atoms with Gasteiger partial charge >= 0.3 is 0 Å². The van der Waals surface area contributed by atoms with Gasteiger partial charge in [-0.05, 0) is 149 Å². The number of unbranched alkanes of at least 4 members (excludes halogenated alkanes) is 1. The fourth-order valence-electron chi connectivity index (χ4n) is 13.3. The fourth-order valence-corrected chi connectivity index (χ4v) is 13.3. The highest BCUT2D eigenvalue weighted by Crippen LogP contribution is 2.66. The Labute approximate surface area is 356 Å². The monoisotopic (exact) mass is 812 g/mol. The second kappa shape index (κ2) is 16.5. The van der Waals surface area contributed by atoms with Crippen molar-refractivity contribution in [3.05, 3.63) is 71.1 Å². The van der Waals surface area contributed by atoms with Crippen LogP contribution in [0.2, 0.25) is 0 Å². The van der Waals surface area contributed by atoms with Gasteiger partial charge in [-0.1, -0.05) is 30.6 Å². The number of hydrogen-bond donors (Lipinski definition) is 1. The molecule has 8 aliphatic rings. The molecule has 318 valence electrons. The van der Waals surface area contributed by atoms with E-state index in [-0.39, 0.29) is 40.8 Å². The Balaban J connectivity index is 0.000000155. The van der Waals surface area contributed by atoms with Gasteiger partial charge in [0.25, 0.3) is 0 Å². The number of carbonyl (C=O) groups excluding carboxylic acids is 3. The molecule has 2 saturated heterocycles. The highest BCUT2D eigenvalue weighted by atomic mass is 16.3. The molecule has 0 radical (unpaired) electrons. The lowest BCUT2D eigenvalue weighted by molar-refractivity contribution is -0.140. The van der Waals surface area contributed by atoms with E-state index in [1.54, 1.807) is 22.9 Å². The Morgan fingerprint density at radius 1 is 0.867 bits per heavy atom. The second-order valence-electron chi connectivity index (χ2n) is 19.6. The van der Waals surface area contributed by atoms with Gasteiger partial charge in [0, 0.05) is 82.7 Å². The van der Waals surface area contributed by atoms with Crippen LogP contribution in [0.1, 0.15) is 102 Å². The third-order valence-corrected chi connectivity index (χ3v) is 16.4. The first kappa shape index (κ1) is 41.0. The van der Waals surface area contributed by atoms with E-state index in [1.807, 2.05) is 19.1 Å². The van der Waals surface area contributed by atoms with Crippen molar-refractivity contribution in [2.75, 3.05) is 63.2 Å². The van der Waals surface area contributed by atoms with Crippen LogP contribution >= 0.6 is 0 Å². The maximum atomic E-state index is 12.7. The number of carbonyl (C=O) groups is 3. The predicted octanol–water partition coefficient (Wildman–Crippen LogP) is 6.82. The molecule has 2 aliphatic heterocycles. The highest BCUT2D eigenvalue weighted by Gasteiger charge is 2.63. The molecule has 60 heavy (non-hydrogen) atoms. The number of nitrogens with zero attached hydrogens (tertiary/aromatic N) is 6. The van der Waals surface area contributed by atoms with Crippen LogP contribution in [-0.4, -0.2) is 101 Å². The van der Waals surface area contributed by atoms with Crippen molar-refractivity contribution in [3.8, 4) is 11.8 Å². The smallest absolute Gasteiger partial charge is 0.233 e. The zero-order valence-electron chi connectivity index (χ0n) is 36.2. The van der Waals surface area contributed by atoms with E-state index in [2.05, 4.69) is 81.8 Å². The molecule has 10 heteroatoms. The molecule has 2 aromatic rings. The summed E-state index contributed by atoms with van der Waals surface area (Å²) in [6, 6.07) is 10.8. The number of anilines is 2. The van der Waals surface area contributed by atoms with Gasteiger partial charge in [0.1, 0.15) is 5.60 Å².